The molecule has 12 heteroatoms. The molecule has 0 N–H and O–H groups in total. The molecular weight excluding hydrogens is 528 g/mol. The Morgan fingerprint density at radius 2 is 1.71 bits per heavy atom. The minimum Gasteiger partial charge on any atom is -0.497 e. The maximum Gasteiger partial charge on any atom is 0.247 e. The average molecular weight is 563 g/mol. The van der Waals surface area contributed by atoms with Gasteiger partial charge < -0.3 is 19.1 Å². The molecule has 1 atom stereocenters. The highest BCUT2D eigenvalue weighted by Crippen LogP contribution is 2.41. The Kier molecular flexibility index (Phi) is 8.76. The number of thiazole rings is 1. The normalized spacial score (nSPS) is 16.2. The lowest BCUT2D eigenvalue weighted by Gasteiger charge is -2.29. The van der Waals surface area contributed by atoms with Gasteiger partial charge in [-0.2, -0.15) is 4.31 Å². The molecule has 1 aromatic heterocycles. The van der Waals surface area contributed by atoms with Crippen LogP contribution in [-0.4, -0.2) is 89.6 Å². The van der Waals surface area contributed by atoms with Gasteiger partial charge in [-0.15, -0.1) is 0 Å². The zero-order valence-electron chi connectivity index (χ0n) is 22.3. The first-order valence-electron chi connectivity index (χ1n) is 12.3. The fourth-order valence-corrected chi connectivity index (χ4v) is 7.33. The van der Waals surface area contributed by atoms with E-state index < -0.39 is 16.1 Å². The van der Waals surface area contributed by atoms with Gasteiger partial charge in [-0.25, -0.2) is 13.4 Å². The molecule has 0 aliphatic carbocycles. The van der Waals surface area contributed by atoms with Crippen LogP contribution >= 0.6 is 11.3 Å². The second-order valence-corrected chi connectivity index (χ2v) is 12.1. The Morgan fingerprint density at radius 1 is 1.03 bits per heavy atom. The highest BCUT2D eigenvalue weighted by molar-refractivity contribution is 7.89. The number of amides is 1. The van der Waals surface area contributed by atoms with E-state index in [4.69, 9.17) is 19.2 Å². The smallest absolute Gasteiger partial charge is 0.247 e. The molecule has 4 rings (SSSR count). The first-order valence-corrected chi connectivity index (χ1v) is 14.6. The number of anilines is 1. The second-order valence-electron chi connectivity index (χ2n) is 9.24. The van der Waals surface area contributed by atoms with Crippen LogP contribution in [0.25, 0.3) is 10.2 Å². The van der Waals surface area contributed by atoms with Crippen LogP contribution < -0.4 is 19.1 Å². The van der Waals surface area contributed by atoms with E-state index >= 15 is 0 Å². The zero-order valence-corrected chi connectivity index (χ0v) is 24.0. The van der Waals surface area contributed by atoms with Crippen LogP contribution in [0.1, 0.15) is 19.3 Å². The lowest BCUT2D eigenvalue weighted by molar-refractivity contribution is -0.121. The maximum absolute atomic E-state index is 14.1. The molecule has 0 radical (unpaired) electrons. The van der Waals surface area contributed by atoms with Crippen LogP contribution in [0.5, 0.6) is 17.2 Å². The number of rotatable bonds is 11. The number of carbonyl (C=O) groups excluding carboxylic acids is 1. The SMILES string of the molecule is COc1ccc(S(=O)(=O)N2CCCC2C(=O)N(CCCN(C)C)c2nc3c(OC)ccc(OC)c3s2)cc1. The van der Waals surface area contributed by atoms with E-state index in [-0.39, 0.29) is 17.3 Å². The van der Waals surface area contributed by atoms with Gasteiger partial charge in [-0.1, -0.05) is 11.3 Å². The molecule has 10 nitrogen and oxygen atoms in total. The van der Waals surface area contributed by atoms with Crippen molar-refractivity contribution in [1.29, 1.82) is 0 Å². The summed E-state index contributed by atoms with van der Waals surface area (Å²) in [6.07, 6.45) is 1.73. The summed E-state index contributed by atoms with van der Waals surface area (Å²) < 4.78 is 45.4. The number of methoxy groups -OCH3 is 3. The molecule has 1 fully saturated rings. The van der Waals surface area contributed by atoms with Crippen LogP contribution in [0.4, 0.5) is 5.13 Å². The third kappa shape index (κ3) is 5.58. The summed E-state index contributed by atoms with van der Waals surface area (Å²) in [5.41, 5.74) is 0.603. The number of nitrogens with zero attached hydrogens (tertiary/aromatic N) is 4. The number of aromatic nitrogens is 1. The molecule has 38 heavy (non-hydrogen) atoms. The van der Waals surface area contributed by atoms with E-state index in [1.54, 1.807) is 37.3 Å². The molecule has 2 aromatic carbocycles. The van der Waals surface area contributed by atoms with Gasteiger partial charge in [-0.05, 0) is 76.3 Å². The maximum atomic E-state index is 14.1. The summed E-state index contributed by atoms with van der Waals surface area (Å²) in [6.45, 7) is 1.44. The van der Waals surface area contributed by atoms with E-state index in [2.05, 4.69) is 0 Å². The predicted octanol–water partition coefficient (Wildman–Crippen LogP) is 3.46. The van der Waals surface area contributed by atoms with E-state index in [0.29, 0.717) is 53.7 Å². The van der Waals surface area contributed by atoms with Crippen molar-refractivity contribution in [2.75, 3.05) is 60.0 Å². The van der Waals surface area contributed by atoms with E-state index in [1.165, 1.54) is 34.9 Å². The number of fused-ring (bicyclic) bond motifs is 1. The monoisotopic (exact) mass is 562 g/mol. The number of benzene rings is 2. The first-order chi connectivity index (χ1) is 18.2. The third-order valence-electron chi connectivity index (χ3n) is 6.54. The number of hydrogen-bond donors (Lipinski definition) is 0. The molecule has 0 saturated carbocycles. The number of ether oxygens (including phenoxy) is 3. The van der Waals surface area contributed by atoms with Crippen LogP contribution in [0.2, 0.25) is 0 Å². The highest BCUT2D eigenvalue weighted by atomic mass is 32.2. The molecule has 1 amide bonds. The topological polar surface area (TPSA) is 102 Å². The Bertz CT molecular complexity index is 1330. The Balaban J connectivity index is 1.70. The van der Waals surface area contributed by atoms with Crippen molar-refractivity contribution in [3.63, 3.8) is 0 Å². The number of carbonyl (C=O) groups is 1. The molecule has 1 saturated heterocycles. The Morgan fingerprint density at radius 3 is 2.34 bits per heavy atom. The summed E-state index contributed by atoms with van der Waals surface area (Å²) in [5.74, 6) is 1.49. The summed E-state index contributed by atoms with van der Waals surface area (Å²) in [4.78, 5) is 22.7. The van der Waals surface area contributed by atoms with Crippen molar-refractivity contribution in [1.82, 2.24) is 14.2 Å². The van der Waals surface area contributed by atoms with Crippen LogP contribution in [0.15, 0.2) is 41.3 Å². The van der Waals surface area contributed by atoms with Crippen LogP contribution in [-0.2, 0) is 14.8 Å². The van der Waals surface area contributed by atoms with Gasteiger partial charge in [0.2, 0.25) is 15.9 Å². The van der Waals surface area contributed by atoms with Gasteiger partial charge in [0.1, 0.15) is 33.5 Å². The highest BCUT2D eigenvalue weighted by Gasteiger charge is 2.42. The van der Waals surface area contributed by atoms with E-state index in [9.17, 15) is 13.2 Å². The van der Waals surface area contributed by atoms with Crippen molar-refractivity contribution in [3.05, 3.63) is 36.4 Å². The van der Waals surface area contributed by atoms with Crippen molar-refractivity contribution in [2.45, 2.75) is 30.2 Å². The summed E-state index contributed by atoms with van der Waals surface area (Å²) in [6, 6.07) is 9.00. The lowest BCUT2D eigenvalue weighted by Crippen LogP contribution is -2.48. The zero-order chi connectivity index (χ0) is 27.4. The van der Waals surface area contributed by atoms with Crippen molar-refractivity contribution < 1.29 is 27.4 Å². The molecule has 1 unspecified atom stereocenters. The molecule has 3 aromatic rings. The molecule has 0 bridgehead atoms. The van der Waals surface area contributed by atoms with Gasteiger partial charge in [0, 0.05) is 13.1 Å². The molecule has 2 heterocycles. The van der Waals surface area contributed by atoms with E-state index in [0.717, 1.165) is 11.2 Å². The minimum absolute atomic E-state index is 0.131. The summed E-state index contributed by atoms with van der Waals surface area (Å²) in [5, 5.41) is 0.486. The Hall–Kier alpha value is -2.93. The first kappa shape index (κ1) is 28.1. The van der Waals surface area contributed by atoms with Crippen molar-refractivity contribution in [3.8, 4) is 17.2 Å². The van der Waals surface area contributed by atoms with Gasteiger partial charge in [0.15, 0.2) is 5.13 Å². The lowest BCUT2D eigenvalue weighted by atomic mass is 10.2. The number of sulfonamides is 1. The van der Waals surface area contributed by atoms with Crippen molar-refractivity contribution >= 4 is 42.6 Å². The standard InChI is InChI=1S/C26H34N4O6S2/c1-28(2)15-7-16-29(26-27-23-21(35-4)13-14-22(36-5)24(23)37-26)25(31)20-8-6-17-30(20)38(32,33)19-11-9-18(34-3)10-12-19/h9-14,20H,6-8,15-17H2,1-5H3. The molecule has 1 aliphatic heterocycles. The van der Waals surface area contributed by atoms with Gasteiger partial charge in [0.25, 0.3) is 0 Å². The van der Waals surface area contributed by atoms with Crippen molar-refractivity contribution in [2.24, 2.45) is 0 Å². The number of hydrogen-bond acceptors (Lipinski definition) is 9. The quantitative estimate of drug-likeness (QED) is 0.350. The molecule has 206 valence electrons. The fourth-order valence-electron chi connectivity index (χ4n) is 4.57. The van der Waals surface area contributed by atoms with Gasteiger partial charge >= 0.3 is 0 Å². The molecular formula is C26H34N4O6S2. The van der Waals surface area contributed by atoms with Gasteiger partial charge in [-0.3, -0.25) is 9.69 Å². The van der Waals surface area contributed by atoms with Crippen LogP contribution in [0.3, 0.4) is 0 Å². The minimum atomic E-state index is -3.89. The van der Waals surface area contributed by atoms with Gasteiger partial charge in [0.05, 0.1) is 26.2 Å². The Labute approximate surface area is 227 Å². The average Bonchev–Trinajstić information content (AvgIpc) is 3.58. The molecule has 1 aliphatic rings. The van der Waals surface area contributed by atoms with Crippen LogP contribution in [0, 0.1) is 0 Å². The molecule has 0 spiro atoms. The fraction of sp³-hybridized carbons (Fsp3) is 0.462. The second kappa shape index (κ2) is 11.9. The van der Waals surface area contributed by atoms with E-state index in [1.807, 2.05) is 25.1 Å². The summed E-state index contributed by atoms with van der Waals surface area (Å²) in [7, 11) is 4.73. The largest absolute Gasteiger partial charge is 0.497 e. The third-order valence-corrected chi connectivity index (χ3v) is 9.55. The summed E-state index contributed by atoms with van der Waals surface area (Å²) >= 11 is 1.33. The predicted molar refractivity (Wildman–Crippen MR) is 148 cm³/mol.